The number of ether oxygens (including phenoxy) is 2. The van der Waals surface area contributed by atoms with E-state index in [0.29, 0.717) is 68.9 Å². The van der Waals surface area contributed by atoms with Crippen molar-refractivity contribution in [3.63, 3.8) is 0 Å². The van der Waals surface area contributed by atoms with Crippen LogP contribution < -0.4 is 15.0 Å². The Labute approximate surface area is 291 Å². The number of amides is 5. The number of carbonyl (C=O) groups is 5. The van der Waals surface area contributed by atoms with E-state index in [4.69, 9.17) is 9.47 Å². The van der Waals surface area contributed by atoms with Crippen LogP contribution in [0.3, 0.4) is 0 Å². The predicted molar refractivity (Wildman–Crippen MR) is 186 cm³/mol. The summed E-state index contributed by atoms with van der Waals surface area (Å²) in [5, 5.41) is 3.29. The van der Waals surface area contributed by atoms with E-state index in [1.54, 1.807) is 19.6 Å². The highest BCUT2D eigenvalue weighted by atomic mass is 16.6. The summed E-state index contributed by atoms with van der Waals surface area (Å²) in [6, 6.07) is 14.3. The van der Waals surface area contributed by atoms with Gasteiger partial charge in [0.25, 0.3) is 11.8 Å². The molecule has 3 aliphatic heterocycles. The molecule has 3 aromatic rings. The molecule has 3 aliphatic rings. The number of nitrogens with zero attached hydrogens (tertiary/aromatic N) is 5. The van der Waals surface area contributed by atoms with E-state index in [2.05, 4.69) is 10.3 Å². The Morgan fingerprint density at radius 3 is 2.50 bits per heavy atom. The first-order valence-corrected chi connectivity index (χ1v) is 17.4. The first kappa shape index (κ1) is 34.7. The lowest BCUT2D eigenvalue weighted by Gasteiger charge is -2.34. The molecule has 13 heteroatoms. The van der Waals surface area contributed by atoms with Gasteiger partial charge in [0.15, 0.2) is 6.61 Å². The molecule has 1 aromatic heterocycles. The summed E-state index contributed by atoms with van der Waals surface area (Å²) in [6.07, 6.45) is 3.46. The Bertz CT molecular complexity index is 1770. The summed E-state index contributed by atoms with van der Waals surface area (Å²) >= 11 is 0. The summed E-state index contributed by atoms with van der Waals surface area (Å²) in [6.45, 7) is 6.20. The maximum Gasteiger partial charge on any atom is 0.409 e. The number of unbranched alkanes of at least 4 members (excludes halogenated alkanes) is 1. The second-order valence-electron chi connectivity index (χ2n) is 12.9. The first-order chi connectivity index (χ1) is 24.2. The van der Waals surface area contributed by atoms with Crippen molar-refractivity contribution >= 4 is 46.3 Å². The number of hydrogen-bond donors (Lipinski definition) is 1. The number of likely N-dealkylation sites (tertiary alicyclic amines) is 1. The summed E-state index contributed by atoms with van der Waals surface area (Å²) in [4.78, 5) is 76.7. The van der Waals surface area contributed by atoms with Gasteiger partial charge in [0.1, 0.15) is 17.5 Å². The minimum absolute atomic E-state index is 0.0416. The fourth-order valence-electron chi connectivity index (χ4n) is 6.73. The molecule has 13 nitrogen and oxygen atoms in total. The van der Waals surface area contributed by atoms with E-state index in [9.17, 15) is 24.0 Å². The smallest absolute Gasteiger partial charge is 0.409 e. The molecular weight excluding hydrogens is 640 g/mol. The lowest BCUT2D eigenvalue weighted by molar-refractivity contribution is -0.139. The third kappa shape index (κ3) is 7.66. The Balaban J connectivity index is 1.07. The summed E-state index contributed by atoms with van der Waals surface area (Å²) in [5.74, 6) is -0.921. The zero-order valence-corrected chi connectivity index (χ0v) is 28.7. The number of carbonyl (C=O) groups excluding carboxylic acids is 5. The molecule has 50 heavy (non-hydrogen) atoms. The Hall–Kier alpha value is -5.20. The van der Waals surface area contributed by atoms with Crippen molar-refractivity contribution in [2.45, 2.75) is 52.0 Å². The summed E-state index contributed by atoms with van der Waals surface area (Å²) < 4.78 is 11.3. The molecule has 0 aliphatic carbocycles. The van der Waals surface area contributed by atoms with Crippen LogP contribution in [0.25, 0.3) is 10.9 Å². The number of piperazine rings is 1. The molecule has 2 fully saturated rings. The summed E-state index contributed by atoms with van der Waals surface area (Å²) in [7, 11) is 0. The van der Waals surface area contributed by atoms with Crippen LogP contribution in [-0.4, -0.2) is 114 Å². The van der Waals surface area contributed by atoms with Crippen LogP contribution >= 0.6 is 0 Å². The van der Waals surface area contributed by atoms with E-state index in [0.717, 1.165) is 42.5 Å². The van der Waals surface area contributed by atoms with E-state index in [1.165, 1.54) is 6.07 Å². The maximum absolute atomic E-state index is 13.6. The van der Waals surface area contributed by atoms with Gasteiger partial charge in [0.05, 0.1) is 18.7 Å². The number of hydrogen-bond acceptors (Lipinski definition) is 8. The van der Waals surface area contributed by atoms with Gasteiger partial charge in [-0.25, -0.2) is 9.78 Å². The molecule has 264 valence electrons. The number of pyridine rings is 1. The van der Waals surface area contributed by atoms with Gasteiger partial charge in [-0.05, 0) is 61.9 Å². The van der Waals surface area contributed by atoms with Crippen LogP contribution in [-0.2, 0) is 25.5 Å². The largest absolute Gasteiger partial charge is 0.483 e. The molecule has 0 radical (unpaired) electrons. The number of para-hydroxylation sites is 1. The van der Waals surface area contributed by atoms with Crippen molar-refractivity contribution in [1.29, 1.82) is 0 Å². The van der Waals surface area contributed by atoms with Crippen molar-refractivity contribution < 1.29 is 33.4 Å². The molecule has 4 heterocycles. The number of nitrogens with one attached hydrogen (secondary N) is 1. The highest BCUT2D eigenvalue weighted by Crippen LogP contribution is 2.31. The average molecular weight is 685 g/mol. The van der Waals surface area contributed by atoms with Crippen LogP contribution in [0.4, 0.5) is 10.5 Å². The van der Waals surface area contributed by atoms with Gasteiger partial charge in [-0.3, -0.25) is 19.2 Å². The van der Waals surface area contributed by atoms with Crippen molar-refractivity contribution in [2.75, 3.05) is 63.9 Å². The molecule has 6 rings (SSSR count). The maximum atomic E-state index is 13.6. The van der Waals surface area contributed by atoms with E-state index in [-0.39, 0.29) is 42.7 Å². The molecule has 5 amide bonds. The van der Waals surface area contributed by atoms with Crippen molar-refractivity contribution in [2.24, 2.45) is 0 Å². The molecule has 1 N–H and O–H groups in total. The molecular formula is C37H44N6O7. The lowest BCUT2D eigenvalue weighted by Crippen LogP contribution is -2.52. The molecule has 0 saturated carbocycles. The molecule has 1 unspecified atom stereocenters. The van der Waals surface area contributed by atoms with E-state index < -0.39 is 11.9 Å². The zero-order chi connectivity index (χ0) is 35.2. The van der Waals surface area contributed by atoms with E-state index >= 15 is 0 Å². The SMILES string of the molecule is CCCCOC(=O)N1CCN(C(=O)CNC(=O)c2cc(OCC(=O)N3CCCC3C(=O)N3CCc4ccccc43)c3ccc(C)cc3n2)CC1. The Morgan fingerprint density at radius 2 is 1.70 bits per heavy atom. The number of benzene rings is 2. The van der Waals surface area contributed by atoms with Crippen LogP contribution in [0.5, 0.6) is 5.75 Å². The number of anilines is 1. The van der Waals surface area contributed by atoms with Crippen molar-refractivity contribution in [3.8, 4) is 5.75 Å². The van der Waals surface area contributed by atoms with Gasteiger partial charge in [-0.1, -0.05) is 37.6 Å². The van der Waals surface area contributed by atoms with Crippen molar-refractivity contribution in [1.82, 2.24) is 25.0 Å². The Kier molecular flexibility index (Phi) is 10.8. The molecule has 2 saturated heterocycles. The Morgan fingerprint density at radius 1 is 0.920 bits per heavy atom. The lowest BCUT2D eigenvalue weighted by atomic mass is 10.1. The monoisotopic (exact) mass is 684 g/mol. The second-order valence-corrected chi connectivity index (χ2v) is 12.9. The molecule has 1 atom stereocenters. The molecule has 0 bridgehead atoms. The summed E-state index contributed by atoms with van der Waals surface area (Å²) in [5.41, 5.74) is 3.51. The normalized spacial score (nSPS) is 17.1. The second kappa shape index (κ2) is 15.6. The van der Waals surface area contributed by atoms with Crippen LogP contribution in [0.1, 0.15) is 54.2 Å². The minimum Gasteiger partial charge on any atom is -0.483 e. The standard InChI is InChI=1S/C37H44N6O7/c1-3-4-20-49-37(48)41-18-16-40(17-19-41)33(44)23-38-35(46)29-22-32(27-12-11-25(2)21-28(27)39-29)50-24-34(45)42-14-7-10-31(42)36(47)43-15-13-26-8-5-6-9-30(26)43/h5-6,8-9,11-12,21-22,31H,3-4,7,10,13-20,23-24H2,1-2H3,(H,38,46). The predicted octanol–water partition coefficient (Wildman–Crippen LogP) is 3.31. The quantitative estimate of drug-likeness (QED) is 0.321. The topological polar surface area (TPSA) is 142 Å². The number of aryl methyl sites for hydroxylation is 1. The van der Waals surface area contributed by atoms with Gasteiger partial charge >= 0.3 is 6.09 Å². The number of aromatic nitrogens is 1. The first-order valence-electron chi connectivity index (χ1n) is 17.4. The molecule has 2 aromatic carbocycles. The zero-order valence-electron chi connectivity index (χ0n) is 28.7. The fourth-order valence-corrected chi connectivity index (χ4v) is 6.73. The van der Waals surface area contributed by atoms with Gasteiger partial charge in [-0.15, -0.1) is 0 Å². The molecule has 0 spiro atoms. The number of rotatable bonds is 10. The van der Waals surface area contributed by atoms with Crippen LogP contribution in [0, 0.1) is 6.92 Å². The van der Waals surface area contributed by atoms with Gasteiger partial charge in [0, 0.05) is 56.4 Å². The fraction of sp³-hybridized carbons (Fsp3) is 0.459. The highest BCUT2D eigenvalue weighted by molar-refractivity contribution is 6.01. The average Bonchev–Trinajstić information content (AvgIpc) is 3.80. The third-order valence-corrected chi connectivity index (χ3v) is 9.54. The van der Waals surface area contributed by atoms with Gasteiger partial charge < -0.3 is 34.4 Å². The van der Waals surface area contributed by atoms with Crippen LogP contribution in [0.2, 0.25) is 0 Å². The van der Waals surface area contributed by atoms with Crippen molar-refractivity contribution in [3.05, 3.63) is 65.4 Å². The van der Waals surface area contributed by atoms with Gasteiger partial charge in [0.2, 0.25) is 11.8 Å². The van der Waals surface area contributed by atoms with E-state index in [1.807, 2.05) is 56.3 Å². The minimum atomic E-state index is -0.563. The van der Waals surface area contributed by atoms with Crippen LogP contribution in [0.15, 0.2) is 48.5 Å². The third-order valence-electron chi connectivity index (χ3n) is 9.54. The number of fused-ring (bicyclic) bond motifs is 2. The van der Waals surface area contributed by atoms with Gasteiger partial charge in [-0.2, -0.15) is 0 Å². The highest BCUT2D eigenvalue weighted by Gasteiger charge is 2.38.